The number of aromatic nitrogens is 1. The Labute approximate surface area is 181 Å². The summed E-state index contributed by atoms with van der Waals surface area (Å²) >= 11 is 0. The van der Waals surface area contributed by atoms with E-state index in [1.165, 1.54) is 12.1 Å². The first-order valence-corrected chi connectivity index (χ1v) is 11.4. The van der Waals surface area contributed by atoms with Crippen molar-refractivity contribution in [3.63, 3.8) is 0 Å². The molecule has 0 radical (unpaired) electrons. The number of pyridine rings is 1. The quantitative estimate of drug-likeness (QED) is 0.727. The van der Waals surface area contributed by atoms with Gasteiger partial charge in [-0.1, -0.05) is 6.92 Å². The first-order chi connectivity index (χ1) is 14.9. The number of rotatable bonds is 7. The third kappa shape index (κ3) is 3.05. The zero-order valence-electron chi connectivity index (χ0n) is 18.1. The smallest absolute Gasteiger partial charge is 0.223 e. The normalized spacial score (nSPS) is 38.0. The van der Waals surface area contributed by atoms with E-state index < -0.39 is 0 Å². The van der Waals surface area contributed by atoms with Gasteiger partial charge in [0.1, 0.15) is 11.6 Å². The Morgan fingerprint density at radius 1 is 1.26 bits per heavy atom. The van der Waals surface area contributed by atoms with Crippen molar-refractivity contribution >= 4 is 16.8 Å². The zero-order chi connectivity index (χ0) is 21.4. The number of ether oxygens (including phenoxy) is 2. The molecular formula is C25H29FN2O3. The first kappa shape index (κ1) is 19.5. The van der Waals surface area contributed by atoms with Crippen molar-refractivity contribution in [3.8, 4) is 5.75 Å². The molecule has 5 aliphatic carbocycles. The van der Waals surface area contributed by atoms with E-state index in [0.717, 1.165) is 49.6 Å². The van der Waals surface area contributed by atoms with Crippen LogP contribution in [-0.4, -0.2) is 36.3 Å². The number of amides is 1. The predicted molar refractivity (Wildman–Crippen MR) is 114 cm³/mol. The van der Waals surface area contributed by atoms with Gasteiger partial charge >= 0.3 is 0 Å². The van der Waals surface area contributed by atoms with E-state index in [4.69, 9.17) is 9.47 Å². The van der Waals surface area contributed by atoms with Gasteiger partial charge < -0.3 is 14.8 Å². The summed E-state index contributed by atoms with van der Waals surface area (Å²) in [5.74, 6) is 2.28. The lowest BCUT2D eigenvalue weighted by molar-refractivity contribution is -0.189. The Morgan fingerprint density at radius 2 is 2.00 bits per heavy atom. The van der Waals surface area contributed by atoms with Crippen molar-refractivity contribution in [3.05, 3.63) is 36.3 Å². The molecule has 31 heavy (non-hydrogen) atoms. The molecule has 0 saturated heterocycles. The molecule has 2 bridgehead atoms. The molecule has 5 nitrogen and oxygen atoms in total. The Bertz CT molecular complexity index is 1020. The van der Waals surface area contributed by atoms with Crippen LogP contribution in [0.25, 0.3) is 10.9 Å². The third-order valence-electron chi connectivity index (χ3n) is 8.40. The zero-order valence-corrected chi connectivity index (χ0v) is 18.1. The number of hydrogen-bond donors (Lipinski definition) is 1. The summed E-state index contributed by atoms with van der Waals surface area (Å²) in [7, 11) is 1.76. The first-order valence-electron chi connectivity index (χ1n) is 11.4. The van der Waals surface area contributed by atoms with Crippen LogP contribution in [-0.2, 0) is 9.53 Å². The Balaban J connectivity index is 1.04. The summed E-state index contributed by atoms with van der Waals surface area (Å²) in [5, 5.41) is 4.08. The molecule has 5 atom stereocenters. The van der Waals surface area contributed by atoms with Crippen molar-refractivity contribution in [2.45, 2.75) is 50.7 Å². The maximum Gasteiger partial charge on any atom is 0.223 e. The topological polar surface area (TPSA) is 60.5 Å². The average molecular weight is 425 g/mol. The van der Waals surface area contributed by atoms with Gasteiger partial charge in [0.25, 0.3) is 0 Å². The van der Waals surface area contributed by atoms with Gasteiger partial charge in [-0.15, -0.1) is 0 Å². The maximum absolute atomic E-state index is 13.7. The summed E-state index contributed by atoms with van der Waals surface area (Å²) in [6.07, 6.45) is 6.98. The Kier molecular flexibility index (Phi) is 4.17. The van der Waals surface area contributed by atoms with Crippen molar-refractivity contribution in [2.24, 2.45) is 29.1 Å². The molecule has 1 aromatic heterocycles. The van der Waals surface area contributed by atoms with Crippen LogP contribution >= 0.6 is 0 Å². The summed E-state index contributed by atoms with van der Waals surface area (Å²) in [5.41, 5.74) is 1.13. The number of carbonyl (C=O) groups is 1. The van der Waals surface area contributed by atoms with Crippen LogP contribution in [0.1, 0.15) is 39.0 Å². The summed E-state index contributed by atoms with van der Waals surface area (Å²) in [6, 6.07) is 6.41. The molecule has 7 rings (SSSR count). The molecule has 2 aromatic rings. The number of benzene rings is 1. The highest BCUT2D eigenvalue weighted by atomic mass is 19.1. The molecule has 164 valence electrons. The lowest BCUT2D eigenvalue weighted by Gasteiger charge is -2.70. The number of nitrogens with one attached hydrogen (secondary N) is 1. The fourth-order valence-corrected chi connectivity index (χ4v) is 7.20. The largest absolute Gasteiger partial charge is 0.490 e. The molecule has 1 heterocycles. The van der Waals surface area contributed by atoms with E-state index in [2.05, 4.69) is 17.2 Å². The van der Waals surface area contributed by atoms with Crippen molar-refractivity contribution in [1.82, 2.24) is 10.3 Å². The predicted octanol–water partition coefficient (Wildman–Crippen LogP) is 4.10. The Hall–Kier alpha value is -2.21. The summed E-state index contributed by atoms with van der Waals surface area (Å²) < 4.78 is 25.3. The molecule has 0 aliphatic heterocycles. The van der Waals surface area contributed by atoms with Gasteiger partial charge in [-0.05, 0) is 74.1 Å². The van der Waals surface area contributed by atoms with E-state index in [-0.39, 0.29) is 29.3 Å². The highest BCUT2D eigenvalue weighted by Gasteiger charge is 2.69. The van der Waals surface area contributed by atoms with Crippen LogP contribution in [0.15, 0.2) is 30.5 Å². The van der Waals surface area contributed by atoms with E-state index in [1.807, 2.05) is 6.07 Å². The van der Waals surface area contributed by atoms with Gasteiger partial charge in [0, 0.05) is 35.6 Å². The minimum Gasteiger partial charge on any atom is -0.490 e. The van der Waals surface area contributed by atoms with Gasteiger partial charge in [-0.3, -0.25) is 9.78 Å². The van der Waals surface area contributed by atoms with Gasteiger partial charge in [0.05, 0.1) is 18.2 Å². The second-order valence-electron chi connectivity index (χ2n) is 10.6. The molecule has 1 aromatic carbocycles. The van der Waals surface area contributed by atoms with Gasteiger partial charge in [0.15, 0.2) is 0 Å². The highest BCUT2D eigenvalue weighted by Crippen LogP contribution is 2.67. The van der Waals surface area contributed by atoms with Gasteiger partial charge in [-0.25, -0.2) is 4.39 Å². The minimum atomic E-state index is -0.281. The average Bonchev–Trinajstić information content (AvgIpc) is 3.19. The van der Waals surface area contributed by atoms with Crippen LogP contribution in [0, 0.1) is 34.9 Å². The van der Waals surface area contributed by atoms with Crippen molar-refractivity contribution < 1.29 is 18.7 Å². The second kappa shape index (κ2) is 6.64. The molecule has 6 heteroatoms. The minimum absolute atomic E-state index is 0.0528. The molecule has 1 amide bonds. The maximum atomic E-state index is 13.7. The van der Waals surface area contributed by atoms with Crippen molar-refractivity contribution in [1.29, 1.82) is 0 Å². The molecule has 5 fully saturated rings. The van der Waals surface area contributed by atoms with Crippen LogP contribution in [0.4, 0.5) is 4.39 Å². The summed E-state index contributed by atoms with van der Waals surface area (Å²) in [4.78, 5) is 17.2. The monoisotopic (exact) mass is 424 g/mol. The molecule has 5 saturated carbocycles. The van der Waals surface area contributed by atoms with E-state index >= 15 is 0 Å². The van der Waals surface area contributed by atoms with Crippen molar-refractivity contribution in [2.75, 3.05) is 13.7 Å². The van der Waals surface area contributed by atoms with E-state index in [9.17, 15) is 9.18 Å². The molecule has 1 N–H and O–H groups in total. The SMILES string of the molecule is COCC12CC(NC(=O)C(C)C3[C@H]4CC(Oc5ccnc6ccc(F)cc56)C[C@@H]34)(C1)C2. The fourth-order valence-electron chi connectivity index (χ4n) is 7.20. The number of halogens is 1. The number of hydrogen-bond acceptors (Lipinski definition) is 4. The molecular weight excluding hydrogens is 395 g/mol. The number of carbonyl (C=O) groups excluding carboxylic acids is 1. The standard InChI is InChI=1S/C25H29FN2O3/c1-14(23(29)28-25-10-24(11-25,12-25)13-30-2)22-17-8-16(9-18(17)22)31-21-5-6-27-20-4-3-15(26)7-19(20)21/h3-7,14,16-18,22H,8-13H2,1-2H3,(H,28,29)/t14?,16?,17-,18+,22?,24?,25?. The van der Waals surface area contributed by atoms with Crippen LogP contribution in [0.5, 0.6) is 5.75 Å². The molecule has 5 aliphatic rings. The van der Waals surface area contributed by atoms with E-state index in [1.54, 1.807) is 19.4 Å². The number of fused-ring (bicyclic) bond motifs is 2. The molecule has 0 spiro atoms. The highest BCUT2D eigenvalue weighted by molar-refractivity contribution is 5.84. The van der Waals surface area contributed by atoms with Crippen LogP contribution in [0.2, 0.25) is 0 Å². The lowest BCUT2D eigenvalue weighted by Crippen LogP contribution is -2.76. The van der Waals surface area contributed by atoms with Gasteiger partial charge in [0.2, 0.25) is 5.91 Å². The molecule has 3 unspecified atom stereocenters. The summed E-state index contributed by atoms with van der Waals surface area (Å²) in [6.45, 7) is 2.90. The third-order valence-corrected chi connectivity index (χ3v) is 8.40. The van der Waals surface area contributed by atoms with Crippen LogP contribution < -0.4 is 10.1 Å². The second-order valence-corrected chi connectivity index (χ2v) is 10.6. The fraction of sp³-hybridized carbons (Fsp3) is 0.600. The van der Waals surface area contributed by atoms with E-state index in [0.29, 0.717) is 28.9 Å². The van der Waals surface area contributed by atoms with Gasteiger partial charge in [-0.2, -0.15) is 0 Å². The number of nitrogens with zero attached hydrogens (tertiary/aromatic N) is 1. The number of methoxy groups -OCH3 is 1. The van der Waals surface area contributed by atoms with Crippen LogP contribution in [0.3, 0.4) is 0 Å². The Morgan fingerprint density at radius 3 is 2.71 bits per heavy atom. The lowest BCUT2D eigenvalue weighted by atomic mass is 9.39.